The van der Waals surface area contributed by atoms with E-state index in [0.29, 0.717) is 59.6 Å². The van der Waals surface area contributed by atoms with Crippen LogP contribution in [0.4, 0.5) is 21.6 Å². The molecule has 194 valence electrons. The summed E-state index contributed by atoms with van der Waals surface area (Å²) in [4.78, 5) is 23.7. The van der Waals surface area contributed by atoms with Gasteiger partial charge in [0.25, 0.3) is 0 Å². The molecule has 2 aliphatic rings. The third kappa shape index (κ3) is 5.83. The second-order valence-corrected chi connectivity index (χ2v) is 9.18. The number of fused-ring (bicyclic) bond motifs is 2. The lowest BCUT2D eigenvalue weighted by molar-refractivity contribution is -0.132. The van der Waals surface area contributed by atoms with E-state index in [1.54, 1.807) is 18.2 Å². The molecular formula is C26H27ClFN5O4. The molecule has 2 N–H and O–H groups in total. The Labute approximate surface area is 218 Å². The van der Waals surface area contributed by atoms with Crippen LogP contribution in [0.2, 0.25) is 5.02 Å². The minimum atomic E-state index is -0.510. The molecule has 0 spiro atoms. The summed E-state index contributed by atoms with van der Waals surface area (Å²) in [6, 6.07) is 8.06. The maximum absolute atomic E-state index is 13.6. The van der Waals surface area contributed by atoms with E-state index in [2.05, 4.69) is 25.5 Å². The van der Waals surface area contributed by atoms with Crippen LogP contribution < -0.4 is 15.4 Å². The lowest BCUT2D eigenvalue weighted by atomic mass is 10.0. The number of nitrogens with one attached hydrogen (secondary N) is 2. The molecule has 3 heterocycles. The zero-order valence-corrected chi connectivity index (χ0v) is 21.0. The standard InChI is InChI=1S/C26H27ClFN5O4/c1-35-23-13-20-17(26(30-15-29-20)31-16-4-5-19(28)18(27)11-16)12-21(23)32-25(34)3-2-7-33-8-10-37-24-14-36-9-6-22(24)33/h2-5,11-13,15,22,24H,6-10,14H2,1H3,(H,32,34)(H,29,30,31). The van der Waals surface area contributed by atoms with Crippen molar-refractivity contribution in [2.24, 2.45) is 0 Å². The number of amides is 1. The fraction of sp³-hybridized carbons (Fsp3) is 0.346. The lowest BCUT2D eigenvalue weighted by Gasteiger charge is -2.43. The lowest BCUT2D eigenvalue weighted by Crippen LogP contribution is -2.55. The molecular weight excluding hydrogens is 501 g/mol. The highest BCUT2D eigenvalue weighted by atomic mass is 35.5. The van der Waals surface area contributed by atoms with Gasteiger partial charge in [-0.25, -0.2) is 14.4 Å². The molecule has 3 aromatic rings. The van der Waals surface area contributed by atoms with Crippen molar-refractivity contribution in [1.29, 1.82) is 0 Å². The molecule has 0 radical (unpaired) electrons. The summed E-state index contributed by atoms with van der Waals surface area (Å²) < 4.78 is 30.4. The molecule has 0 bridgehead atoms. The molecule has 1 amide bonds. The summed E-state index contributed by atoms with van der Waals surface area (Å²) in [6.45, 7) is 3.46. The van der Waals surface area contributed by atoms with E-state index in [1.807, 2.05) is 6.08 Å². The summed E-state index contributed by atoms with van der Waals surface area (Å²) in [5.74, 6) is 0.136. The largest absolute Gasteiger partial charge is 0.494 e. The van der Waals surface area contributed by atoms with Crippen molar-refractivity contribution < 1.29 is 23.4 Å². The van der Waals surface area contributed by atoms with E-state index in [1.165, 1.54) is 31.6 Å². The number of benzene rings is 2. The minimum absolute atomic E-state index is 0.00538. The molecule has 1 aromatic heterocycles. The summed E-state index contributed by atoms with van der Waals surface area (Å²) in [5, 5.41) is 6.65. The molecule has 5 rings (SSSR count). The van der Waals surface area contributed by atoms with E-state index in [-0.39, 0.29) is 17.0 Å². The second kappa shape index (κ2) is 11.4. The molecule has 0 saturated carbocycles. The molecule has 37 heavy (non-hydrogen) atoms. The van der Waals surface area contributed by atoms with Gasteiger partial charge in [-0.2, -0.15) is 0 Å². The molecule has 2 aliphatic heterocycles. The molecule has 2 atom stereocenters. The van der Waals surface area contributed by atoms with Gasteiger partial charge in [-0.05, 0) is 30.7 Å². The van der Waals surface area contributed by atoms with Gasteiger partial charge < -0.3 is 24.8 Å². The number of hydrogen-bond acceptors (Lipinski definition) is 8. The number of aromatic nitrogens is 2. The molecule has 0 aliphatic carbocycles. The van der Waals surface area contributed by atoms with Crippen LogP contribution in [0.15, 0.2) is 48.8 Å². The van der Waals surface area contributed by atoms with Crippen LogP contribution >= 0.6 is 11.6 Å². The third-order valence-corrected chi connectivity index (χ3v) is 6.74. The number of halogens is 2. The molecule has 2 unspecified atom stereocenters. The zero-order chi connectivity index (χ0) is 25.8. The summed E-state index contributed by atoms with van der Waals surface area (Å²) in [7, 11) is 1.52. The first-order valence-corrected chi connectivity index (χ1v) is 12.4. The highest BCUT2D eigenvalue weighted by Crippen LogP contribution is 2.33. The predicted octanol–water partition coefficient (Wildman–Crippen LogP) is 4.16. The smallest absolute Gasteiger partial charge is 0.248 e. The zero-order valence-electron chi connectivity index (χ0n) is 20.2. The molecule has 2 saturated heterocycles. The van der Waals surface area contributed by atoms with Crippen LogP contribution in [0.1, 0.15) is 6.42 Å². The highest BCUT2D eigenvalue weighted by molar-refractivity contribution is 6.31. The fourth-order valence-corrected chi connectivity index (χ4v) is 4.80. The van der Waals surface area contributed by atoms with Gasteiger partial charge in [0.15, 0.2) is 0 Å². The van der Waals surface area contributed by atoms with Crippen molar-refractivity contribution in [1.82, 2.24) is 14.9 Å². The van der Waals surface area contributed by atoms with Crippen LogP contribution in [0, 0.1) is 5.82 Å². The normalized spacial score (nSPS) is 20.1. The minimum Gasteiger partial charge on any atom is -0.494 e. The average Bonchev–Trinajstić information content (AvgIpc) is 2.91. The second-order valence-electron chi connectivity index (χ2n) is 8.77. The SMILES string of the molecule is COc1cc2ncnc(Nc3ccc(F)c(Cl)c3)c2cc1NC(=O)C=CCN1CCOC2COCCC21. The number of carbonyl (C=O) groups excluding carboxylic acids is 1. The highest BCUT2D eigenvalue weighted by Gasteiger charge is 2.34. The number of rotatable bonds is 7. The van der Waals surface area contributed by atoms with Crippen LogP contribution in [0.5, 0.6) is 5.75 Å². The first-order valence-electron chi connectivity index (χ1n) is 12.0. The Bertz CT molecular complexity index is 1320. The van der Waals surface area contributed by atoms with Gasteiger partial charge in [0.1, 0.15) is 23.7 Å². The van der Waals surface area contributed by atoms with Crippen molar-refractivity contribution in [3.8, 4) is 5.75 Å². The monoisotopic (exact) mass is 527 g/mol. The Kier molecular flexibility index (Phi) is 7.80. The van der Waals surface area contributed by atoms with E-state index >= 15 is 0 Å². The van der Waals surface area contributed by atoms with Crippen molar-refractivity contribution in [2.45, 2.75) is 18.6 Å². The fourth-order valence-electron chi connectivity index (χ4n) is 4.62. The first kappa shape index (κ1) is 25.3. The topological polar surface area (TPSA) is 97.8 Å². The van der Waals surface area contributed by atoms with Crippen molar-refractivity contribution in [3.63, 3.8) is 0 Å². The first-order chi connectivity index (χ1) is 18.0. The number of anilines is 3. The third-order valence-electron chi connectivity index (χ3n) is 6.45. The van der Waals surface area contributed by atoms with E-state index in [0.717, 1.165) is 19.6 Å². The summed E-state index contributed by atoms with van der Waals surface area (Å²) >= 11 is 5.91. The average molecular weight is 528 g/mol. The molecule has 11 heteroatoms. The Morgan fingerprint density at radius 3 is 3.03 bits per heavy atom. The summed E-state index contributed by atoms with van der Waals surface area (Å²) in [6.07, 6.45) is 5.79. The van der Waals surface area contributed by atoms with E-state index < -0.39 is 5.82 Å². The summed E-state index contributed by atoms with van der Waals surface area (Å²) in [5.41, 5.74) is 1.63. The van der Waals surface area contributed by atoms with Crippen LogP contribution in [-0.2, 0) is 14.3 Å². The van der Waals surface area contributed by atoms with E-state index in [9.17, 15) is 9.18 Å². The Morgan fingerprint density at radius 2 is 2.19 bits per heavy atom. The molecule has 9 nitrogen and oxygen atoms in total. The van der Waals surface area contributed by atoms with Crippen LogP contribution in [0.25, 0.3) is 10.9 Å². The van der Waals surface area contributed by atoms with Crippen molar-refractivity contribution in [2.75, 3.05) is 50.7 Å². The number of hydrogen-bond donors (Lipinski definition) is 2. The van der Waals surface area contributed by atoms with Gasteiger partial charge in [0.05, 0.1) is 42.7 Å². The number of methoxy groups -OCH3 is 1. The number of ether oxygens (including phenoxy) is 3. The van der Waals surface area contributed by atoms with Gasteiger partial charge in [-0.15, -0.1) is 0 Å². The van der Waals surface area contributed by atoms with Crippen LogP contribution in [-0.4, -0.2) is 72.9 Å². The molecule has 2 fully saturated rings. The van der Waals surface area contributed by atoms with E-state index in [4.69, 9.17) is 25.8 Å². The maximum Gasteiger partial charge on any atom is 0.248 e. The van der Waals surface area contributed by atoms with Gasteiger partial charge >= 0.3 is 0 Å². The predicted molar refractivity (Wildman–Crippen MR) is 139 cm³/mol. The van der Waals surface area contributed by atoms with Gasteiger partial charge in [0.2, 0.25) is 5.91 Å². The number of nitrogens with zero attached hydrogens (tertiary/aromatic N) is 3. The Hall–Kier alpha value is -3.31. The van der Waals surface area contributed by atoms with Crippen LogP contribution in [0.3, 0.4) is 0 Å². The van der Waals surface area contributed by atoms with Crippen molar-refractivity contribution in [3.05, 3.63) is 59.7 Å². The quantitative estimate of drug-likeness (QED) is 0.442. The van der Waals surface area contributed by atoms with Gasteiger partial charge in [0, 0.05) is 49.0 Å². The van der Waals surface area contributed by atoms with Gasteiger partial charge in [-0.3, -0.25) is 9.69 Å². The van der Waals surface area contributed by atoms with Crippen molar-refractivity contribution >= 4 is 45.6 Å². The maximum atomic E-state index is 13.6. The van der Waals surface area contributed by atoms with Gasteiger partial charge in [-0.1, -0.05) is 17.7 Å². The Balaban J connectivity index is 1.31. The number of carbonyl (C=O) groups is 1. The Morgan fingerprint density at radius 1 is 1.30 bits per heavy atom. The molecule has 2 aromatic carbocycles. The number of morpholine rings is 1.